The van der Waals surface area contributed by atoms with Gasteiger partial charge in [0.1, 0.15) is 5.82 Å². The van der Waals surface area contributed by atoms with Gasteiger partial charge in [-0.05, 0) is 33.6 Å². The van der Waals surface area contributed by atoms with Crippen LogP contribution in [0.25, 0.3) is 0 Å². The second-order valence-corrected chi connectivity index (χ2v) is 6.12. The van der Waals surface area contributed by atoms with Crippen LogP contribution in [0.1, 0.15) is 15.9 Å². The third-order valence-corrected chi connectivity index (χ3v) is 4.20. The second kappa shape index (κ2) is 5.29. The summed E-state index contributed by atoms with van der Waals surface area (Å²) in [5.74, 6) is -0.567. The molecule has 0 aliphatic heterocycles. The van der Waals surface area contributed by atoms with Crippen LogP contribution in [-0.2, 0) is 6.42 Å². The van der Waals surface area contributed by atoms with Gasteiger partial charge >= 0.3 is 0 Å². The topological polar surface area (TPSA) is 17.1 Å². The molecule has 1 heterocycles. The zero-order valence-corrected chi connectivity index (χ0v) is 11.7. The van der Waals surface area contributed by atoms with Gasteiger partial charge in [0.25, 0.3) is 0 Å². The number of Topliss-reactive ketones (excluding diaryl/α,β-unsaturated/α-hetero) is 1. The van der Waals surface area contributed by atoms with E-state index in [0.717, 1.165) is 3.79 Å². The molecule has 0 atom stereocenters. The quantitative estimate of drug-likeness (QED) is 0.742. The van der Waals surface area contributed by atoms with Gasteiger partial charge in [-0.3, -0.25) is 4.79 Å². The third-order valence-electron chi connectivity index (χ3n) is 2.27. The zero-order valence-electron chi connectivity index (χ0n) is 8.54. The number of hydrogen-bond donors (Lipinski definition) is 0. The Kier molecular flexibility index (Phi) is 3.97. The van der Waals surface area contributed by atoms with Crippen molar-refractivity contribution in [2.24, 2.45) is 0 Å². The Balaban J connectivity index is 2.21. The molecule has 0 aliphatic rings. The Morgan fingerprint density at radius 2 is 2.24 bits per heavy atom. The van der Waals surface area contributed by atoms with Crippen molar-refractivity contribution in [1.29, 1.82) is 0 Å². The van der Waals surface area contributed by atoms with E-state index in [1.54, 1.807) is 23.6 Å². The van der Waals surface area contributed by atoms with Crippen LogP contribution in [0.15, 0.2) is 33.4 Å². The van der Waals surface area contributed by atoms with Crippen molar-refractivity contribution in [3.8, 4) is 0 Å². The minimum atomic E-state index is -0.497. The van der Waals surface area contributed by atoms with E-state index in [-0.39, 0.29) is 17.2 Å². The van der Waals surface area contributed by atoms with Gasteiger partial charge in [0.2, 0.25) is 0 Å². The SMILES string of the molecule is O=C(Cc1cccc(F)c1Cl)c1csc(Br)c1. The van der Waals surface area contributed by atoms with Gasteiger partial charge < -0.3 is 0 Å². The van der Waals surface area contributed by atoms with Crippen molar-refractivity contribution in [3.63, 3.8) is 0 Å². The van der Waals surface area contributed by atoms with E-state index in [0.29, 0.717) is 11.1 Å². The minimum absolute atomic E-state index is 0.0233. The molecular formula is C12H7BrClFOS. The normalized spacial score (nSPS) is 10.5. The molecule has 1 aromatic carbocycles. The average Bonchev–Trinajstić information content (AvgIpc) is 2.72. The molecule has 1 aromatic heterocycles. The molecule has 0 aliphatic carbocycles. The van der Waals surface area contributed by atoms with E-state index in [4.69, 9.17) is 11.6 Å². The zero-order chi connectivity index (χ0) is 12.4. The van der Waals surface area contributed by atoms with Crippen LogP contribution in [0.5, 0.6) is 0 Å². The molecule has 88 valence electrons. The fraction of sp³-hybridized carbons (Fsp3) is 0.0833. The van der Waals surface area contributed by atoms with Gasteiger partial charge in [0.15, 0.2) is 5.78 Å². The molecule has 17 heavy (non-hydrogen) atoms. The number of rotatable bonds is 3. The summed E-state index contributed by atoms with van der Waals surface area (Å²) in [5, 5.41) is 1.79. The lowest BCUT2D eigenvalue weighted by molar-refractivity contribution is 0.0993. The number of halogens is 3. The lowest BCUT2D eigenvalue weighted by Gasteiger charge is -2.03. The molecule has 0 bridgehead atoms. The summed E-state index contributed by atoms with van der Waals surface area (Å²) in [6.07, 6.45) is 0.111. The minimum Gasteiger partial charge on any atom is -0.294 e. The summed E-state index contributed by atoms with van der Waals surface area (Å²) in [6.45, 7) is 0. The smallest absolute Gasteiger partial charge is 0.168 e. The monoisotopic (exact) mass is 332 g/mol. The first-order valence-corrected chi connectivity index (χ1v) is 6.83. The summed E-state index contributed by atoms with van der Waals surface area (Å²) < 4.78 is 14.1. The first-order chi connectivity index (χ1) is 8.08. The van der Waals surface area contributed by atoms with Gasteiger partial charge in [-0.2, -0.15) is 0 Å². The van der Waals surface area contributed by atoms with E-state index < -0.39 is 5.82 Å². The van der Waals surface area contributed by atoms with Crippen LogP contribution in [0, 0.1) is 5.82 Å². The maximum Gasteiger partial charge on any atom is 0.168 e. The summed E-state index contributed by atoms with van der Waals surface area (Å²) in [7, 11) is 0. The molecule has 0 fully saturated rings. The summed E-state index contributed by atoms with van der Waals surface area (Å²) >= 11 is 10.5. The van der Waals surface area contributed by atoms with E-state index in [1.807, 2.05) is 0 Å². The highest BCUT2D eigenvalue weighted by Gasteiger charge is 2.13. The predicted molar refractivity (Wildman–Crippen MR) is 71.5 cm³/mol. The van der Waals surface area contributed by atoms with Crippen LogP contribution in [0.4, 0.5) is 4.39 Å². The summed E-state index contributed by atoms with van der Waals surface area (Å²) in [5.41, 5.74) is 1.13. The largest absolute Gasteiger partial charge is 0.294 e. The van der Waals surface area contributed by atoms with Gasteiger partial charge in [-0.25, -0.2) is 4.39 Å². The Morgan fingerprint density at radius 3 is 2.88 bits per heavy atom. The number of benzene rings is 1. The molecule has 0 saturated heterocycles. The standard InChI is InChI=1S/C12H7BrClFOS/c13-11-5-8(6-17-11)10(16)4-7-2-1-3-9(15)12(7)14/h1-3,5-6H,4H2. The first kappa shape index (κ1) is 12.7. The Hall–Kier alpha value is -0.710. The highest BCUT2D eigenvalue weighted by molar-refractivity contribution is 9.11. The van der Waals surface area contributed by atoms with Gasteiger partial charge in [-0.15, -0.1) is 11.3 Å². The van der Waals surface area contributed by atoms with Crippen LogP contribution < -0.4 is 0 Å². The molecular weight excluding hydrogens is 327 g/mol. The summed E-state index contributed by atoms with van der Waals surface area (Å²) in [4.78, 5) is 11.9. The van der Waals surface area contributed by atoms with Crippen LogP contribution >= 0.6 is 38.9 Å². The lowest BCUT2D eigenvalue weighted by atomic mass is 10.1. The highest BCUT2D eigenvalue weighted by Crippen LogP contribution is 2.24. The van der Waals surface area contributed by atoms with E-state index >= 15 is 0 Å². The number of hydrogen-bond acceptors (Lipinski definition) is 2. The van der Waals surface area contributed by atoms with Crippen molar-refractivity contribution in [2.75, 3.05) is 0 Å². The van der Waals surface area contributed by atoms with Crippen molar-refractivity contribution in [3.05, 3.63) is 55.4 Å². The Labute approximate surface area is 115 Å². The fourth-order valence-electron chi connectivity index (χ4n) is 1.42. The molecule has 2 rings (SSSR count). The van der Waals surface area contributed by atoms with Crippen LogP contribution in [-0.4, -0.2) is 5.78 Å². The maximum absolute atomic E-state index is 13.2. The number of ketones is 1. The highest BCUT2D eigenvalue weighted by atomic mass is 79.9. The molecule has 0 saturated carbocycles. The van der Waals surface area contributed by atoms with Crippen molar-refractivity contribution < 1.29 is 9.18 Å². The molecule has 1 nitrogen and oxygen atoms in total. The first-order valence-electron chi connectivity index (χ1n) is 4.78. The van der Waals surface area contributed by atoms with Crippen molar-refractivity contribution in [2.45, 2.75) is 6.42 Å². The Morgan fingerprint density at radius 1 is 1.47 bits per heavy atom. The Bertz CT molecular complexity index is 567. The van der Waals surface area contributed by atoms with E-state index in [2.05, 4.69) is 15.9 Å². The number of carbonyl (C=O) groups excluding carboxylic acids is 1. The maximum atomic E-state index is 13.2. The number of carbonyl (C=O) groups is 1. The van der Waals surface area contributed by atoms with E-state index in [9.17, 15) is 9.18 Å². The van der Waals surface area contributed by atoms with Gasteiger partial charge in [-0.1, -0.05) is 23.7 Å². The molecule has 0 radical (unpaired) electrons. The number of thiophene rings is 1. The fourth-order valence-corrected chi connectivity index (χ4v) is 2.77. The van der Waals surface area contributed by atoms with Crippen LogP contribution in [0.2, 0.25) is 5.02 Å². The third kappa shape index (κ3) is 2.94. The molecule has 0 amide bonds. The lowest BCUT2D eigenvalue weighted by Crippen LogP contribution is -2.03. The summed E-state index contributed by atoms with van der Waals surface area (Å²) in [6, 6.07) is 6.23. The average molecular weight is 334 g/mol. The molecule has 0 N–H and O–H groups in total. The van der Waals surface area contributed by atoms with Gasteiger partial charge in [0, 0.05) is 17.4 Å². The van der Waals surface area contributed by atoms with Crippen molar-refractivity contribution >= 4 is 44.7 Å². The predicted octanol–water partition coefficient (Wildman–Crippen LogP) is 4.73. The van der Waals surface area contributed by atoms with Gasteiger partial charge in [0.05, 0.1) is 8.81 Å². The molecule has 2 aromatic rings. The van der Waals surface area contributed by atoms with Crippen molar-refractivity contribution in [1.82, 2.24) is 0 Å². The van der Waals surface area contributed by atoms with Crippen LogP contribution in [0.3, 0.4) is 0 Å². The molecule has 0 spiro atoms. The molecule has 5 heteroatoms. The van der Waals surface area contributed by atoms with E-state index in [1.165, 1.54) is 17.4 Å². The second-order valence-electron chi connectivity index (χ2n) is 3.45. The molecule has 0 unspecified atom stereocenters.